The molecule has 6 heteroatoms. The summed E-state index contributed by atoms with van der Waals surface area (Å²) in [6.45, 7) is 4.17. The molecule has 0 aliphatic rings. The summed E-state index contributed by atoms with van der Waals surface area (Å²) in [4.78, 5) is 10.1. The molecule has 0 bridgehead atoms. The van der Waals surface area contributed by atoms with Crippen LogP contribution in [0.5, 0.6) is 0 Å². The lowest BCUT2D eigenvalue weighted by molar-refractivity contribution is -0.380. The maximum Gasteiger partial charge on any atom is 0.324 e. The first kappa shape index (κ1) is 14.3. The van der Waals surface area contributed by atoms with E-state index >= 15 is 0 Å². The van der Waals surface area contributed by atoms with E-state index in [1.54, 1.807) is 11.4 Å². The molecule has 1 heterocycles. The second kappa shape index (κ2) is 6.05. The molecule has 1 rings (SSSR count). The summed E-state index contributed by atoms with van der Waals surface area (Å²) in [7, 11) is 0. The van der Waals surface area contributed by atoms with Crippen LogP contribution >= 0.6 is 23.7 Å². The van der Waals surface area contributed by atoms with Crippen molar-refractivity contribution in [2.45, 2.75) is 26.3 Å². The molecule has 15 heavy (non-hydrogen) atoms. The summed E-state index contributed by atoms with van der Waals surface area (Å²) < 4.78 is 0. The fourth-order valence-electron chi connectivity index (χ4n) is 1.27. The van der Waals surface area contributed by atoms with Gasteiger partial charge in [0.15, 0.2) is 0 Å². The molecule has 1 atom stereocenters. The van der Waals surface area contributed by atoms with Crippen LogP contribution in [-0.2, 0) is 0 Å². The van der Waals surface area contributed by atoms with E-state index in [-0.39, 0.29) is 28.4 Å². The molecule has 0 spiro atoms. The van der Waals surface area contributed by atoms with Crippen LogP contribution in [0.25, 0.3) is 0 Å². The number of thiophene rings is 1. The van der Waals surface area contributed by atoms with Crippen LogP contribution in [0.1, 0.15) is 31.9 Å². The van der Waals surface area contributed by atoms with Crippen LogP contribution in [0, 0.1) is 16.0 Å². The SMILES string of the molecule is CC(C)C[C@@H](N)c1csc([N+](=O)[O-])c1.Cl. The molecule has 0 aliphatic carbocycles. The second-order valence-electron chi connectivity index (χ2n) is 3.71. The Morgan fingerprint density at radius 2 is 2.20 bits per heavy atom. The Bertz CT molecular complexity index is 328. The molecule has 0 saturated carbocycles. The predicted octanol–water partition coefficient (Wildman–Crippen LogP) is 3.12. The molecule has 86 valence electrons. The van der Waals surface area contributed by atoms with E-state index in [9.17, 15) is 10.1 Å². The third kappa shape index (κ3) is 4.15. The van der Waals surface area contributed by atoms with Gasteiger partial charge in [-0.25, -0.2) is 0 Å². The Balaban J connectivity index is 0.00000196. The lowest BCUT2D eigenvalue weighted by atomic mass is 10.0. The third-order valence-corrected chi connectivity index (χ3v) is 2.84. The summed E-state index contributed by atoms with van der Waals surface area (Å²) >= 11 is 1.13. The minimum atomic E-state index is -0.379. The lowest BCUT2D eigenvalue weighted by Gasteiger charge is -2.11. The van der Waals surface area contributed by atoms with Crippen LogP contribution in [0.2, 0.25) is 0 Å². The molecule has 0 aromatic carbocycles. The van der Waals surface area contributed by atoms with E-state index in [2.05, 4.69) is 13.8 Å². The van der Waals surface area contributed by atoms with Crippen molar-refractivity contribution in [2.24, 2.45) is 11.7 Å². The van der Waals surface area contributed by atoms with Gasteiger partial charge in [0, 0.05) is 17.5 Å². The lowest BCUT2D eigenvalue weighted by Crippen LogP contribution is -2.11. The maximum absolute atomic E-state index is 10.4. The zero-order chi connectivity index (χ0) is 10.7. The van der Waals surface area contributed by atoms with Gasteiger partial charge in [-0.15, -0.1) is 12.4 Å². The molecular weight excluding hydrogens is 236 g/mol. The molecule has 0 saturated heterocycles. The van der Waals surface area contributed by atoms with Crippen LogP contribution in [0.15, 0.2) is 11.4 Å². The monoisotopic (exact) mass is 250 g/mol. The first-order chi connectivity index (χ1) is 6.50. The number of nitrogens with two attached hydrogens (primary N) is 1. The minimum Gasteiger partial charge on any atom is -0.324 e. The number of rotatable bonds is 4. The van der Waals surface area contributed by atoms with Gasteiger partial charge in [-0.3, -0.25) is 10.1 Å². The number of halogens is 1. The van der Waals surface area contributed by atoms with Crippen molar-refractivity contribution < 1.29 is 4.92 Å². The number of hydrogen-bond acceptors (Lipinski definition) is 4. The highest BCUT2D eigenvalue weighted by Gasteiger charge is 2.15. The molecule has 1 aromatic rings. The minimum absolute atomic E-state index is 0. The highest BCUT2D eigenvalue weighted by Crippen LogP contribution is 2.28. The third-order valence-electron chi connectivity index (χ3n) is 1.94. The molecular formula is C9H15ClN2O2S. The van der Waals surface area contributed by atoms with Crippen molar-refractivity contribution in [1.29, 1.82) is 0 Å². The van der Waals surface area contributed by atoms with Crippen LogP contribution in [-0.4, -0.2) is 4.92 Å². The topological polar surface area (TPSA) is 69.2 Å². The molecule has 2 N–H and O–H groups in total. The van der Waals surface area contributed by atoms with E-state index in [0.717, 1.165) is 23.3 Å². The Labute approximate surface area is 99.0 Å². The molecule has 4 nitrogen and oxygen atoms in total. The van der Waals surface area contributed by atoms with Gasteiger partial charge < -0.3 is 5.73 Å². The molecule has 0 amide bonds. The predicted molar refractivity (Wildman–Crippen MR) is 64.6 cm³/mol. The van der Waals surface area contributed by atoms with Crippen molar-refractivity contribution in [3.63, 3.8) is 0 Å². The summed E-state index contributed by atoms with van der Waals surface area (Å²) in [5.41, 5.74) is 6.76. The van der Waals surface area contributed by atoms with Gasteiger partial charge in [-0.05, 0) is 17.9 Å². The molecule has 0 aliphatic heterocycles. The zero-order valence-corrected chi connectivity index (χ0v) is 10.3. The number of hydrogen-bond donors (Lipinski definition) is 1. The fraction of sp³-hybridized carbons (Fsp3) is 0.556. The highest BCUT2D eigenvalue weighted by atomic mass is 35.5. The molecule has 1 aromatic heterocycles. The van der Waals surface area contributed by atoms with Crippen molar-refractivity contribution in [1.82, 2.24) is 0 Å². The summed E-state index contributed by atoms with van der Waals surface area (Å²) in [6.07, 6.45) is 0.855. The Morgan fingerprint density at radius 1 is 1.60 bits per heavy atom. The van der Waals surface area contributed by atoms with E-state index in [0.29, 0.717) is 5.92 Å². The molecule has 0 radical (unpaired) electrons. The molecule has 0 unspecified atom stereocenters. The summed E-state index contributed by atoms with van der Waals surface area (Å²) in [5, 5.41) is 12.4. The zero-order valence-electron chi connectivity index (χ0n) is 8.67. The van der Waals surface area contributed by atoms with E-state index in [4.69, 9.17) is 5.73 Å². The van der Waals surface area contributed by atoms with Crippen molar-refractivity contribution in [2.75, 3.05) is 0 Å². The first-order valence-corrected chi connectivity index (χ1v) is 5.37. The first-order valence-electron chi connectivity index (χ1n) is 4.49. The van der Waals surface area contributed by atoms with Gasteiger partial charge in [0.1, 0.15) is 0 Å². The maximum atomic E-state index is 10.4. The van der Waals surface area contributed by atoms with E-state index < -0.39 is 0 Å². The highest BCUT2D eigenvalue weighted by molar-refractivity contribution is 7.13. The van der Waals surface area contributed by atoms with Gasteiger partial charge in [0.2, 0.25) is 0 Å². The van der Waals surface area contributed by atoms with E-state index in [1.165, 1.54) is 0 Å². The Hall–Kier alpha value is -0.650. The summed E-state index contributed by atoms with van der Waals surface area (Å²) in [5.74, 6) is 0.504. The smallest absolute Gasteiger partial charge is 0.324 e. The van der Waals surface area contributed by atoms with Gasteiger partial charge in [-0.2, -0.15) is 0 Å². The van der Waals surface area contributed by atoms with Crippen LogP contribution in [0.3, 0.4) is 0 Å². The average Bonchev–Trinajstić information content (AvgIpc) is 2.50. The molecule has 0 fully saturated rings. The quantitative estimate of drug-likeness (QED) is 0.659. The van der Waals surface area contributed by atoms with Gasteiger partial charge >= 0.3 is 5.00 Å². The largest absolute Gasteiger partial charge is 0.324 e. The Morgan fingerprint density at radius 3 is 2.60 bits per heavy atom. The number of nitrogens with zero attached hydrogens (tertiary/aromatic N) is 1. The van der Waals surface area contributed by atoms with Crippen molar-refractivity contribution in [3.8, 4) is 0 Å². The van der Waals surface area contributed by atoms with Crippen LogP contribution in [0.4, 0.5) is 5.00 Å². The van der Waals surface area contributed by atoms with Crippen LogP contribution < -0.4 is 5.73 Å². The second-order valence-corrected chi connectivity index (χ2v) is 4.60. The van der Waals surface area contributed by atoms with Crippen molar-refractivity contribution >= 4 is 28.7 Å². The Kier molecular flexibility index (Phi) is 5.79. The average molecular weight is 251 g/mol. The van der Waals surface area contributed by atoms with Gasteiger partial charge in [0.25, 0.3) is 0 Å². The van der Waals surface area contributed by atoms with Gasteiger partial charge in [-0.1, -0.05) is 25.2 Å². The normalized spacial score (nSPS) is 12.3. The standard InChI is InChI=1S/C9H14N2O2S.ClH/c1-6(2)3-8(10)7-4-9(11(12)13)14-5-7;/h4-6,8H,3,10H2,1-2H3;1H/t8-;/m1./s1. The van der Waals surface area contributed by atoms with Crippen molar-refractivity contribution in [3.05, 3.63) is 27.1 Å². The summed E-state index contributed by atoms with van der Waals surface area (Å²) in [6, 6.07) is 1.48. The van der Waals surface area contributed by atoms with Gasteiger partial charge in [0.05, 0.1) is 4.92 Å². The van der Waals surface area contributed by atoms with E-state index in [1.807, 2.05) is 0 Å². The fourth-order valence-corrected chi connectivity index (χ4v) is 2.06. The number of nitro groups is 1.